The second kappa shape index (κ2) is 5.42. The first-order chi connectivity index (χ1) is 8.56. The van der Waals surface area contributed by atoms with Crippen molar-refractivity contribution in [3.05, 3.63) is 29.3 Å². The molecule has 3 nitrogen and oxygen atoms in total. The summed E-state index contributed by atoms with van der Waals surface area (Å²) >= 11 is 0. The molecule has 2 atom stereocenters. The second-order valence-electron chi connectivity index (χ2n) is 5.41. The minimum atomic E-state index is 0.0943. The lowest BCUT2D eigenvalue weighted by atomic mass is 9.88. The first kappa shape index (κ1) is 12.9. The highest BCUT2D eigenvalue weighted by Crippen LogP contribution is 2.29. The van der Waals surface area contributed by atoms with Gasteiger partial charge >= 0.3 is 0 Å². The fourth-order valence-electron chi connectivity index (χ4n) is 2.56. The molecule has 0 heterocycles. The summed E-state index contributed by atoms with van der Waals surface area (Å²) in [6, 6.07) is 5.73. The third-order valence-electron chi connectivity index (χ3n) is 3.68. The summed E-state index contributed by atoms with van der Waals surface area (Å²) in [4.78, 5) is 0. The predicted octanol–water partition coefficient (Wildman–Crippen LogP) is 3.24. The number of nitrogens with two attached hydrogens (primary N) is 1. The average molecular weight is 246 g/mol. The van der Waals surface area contributed by atoms with Crippen molar-refractivity contribution in [1.29, 1.82) is 5.41 Å². The van der Waals surface area contributed by atoms with Gasteiger partial charge in [0.15, 0.2) is 0 Å². The summed E-state index contributed by atoms with van der Waals surface area (Å²) in [5, 5.41) is 7.48. The normalized spacial score (nSPS) is 23.7. The van der Waals surface area contributed by atoms with E-state index in [0.717, 1.165) is 35.6 Å². The van der Waals surface area contributed by atoms with Crippen molar-refractivity contribution < 1.29 is 4.74 Å². The number of benzene rings is 1. The van der Waals surface area contributed by atoms with E-state index in [0.29, 0.717) is 6.10 Å². The zero-order valence-corrected chi connectivity index (χ0v) is 11.2. The number of rotatable bonds is 3. The summed E-state index contributed by atoms with van der Waals surface area (Å²) in [7, 11) is 0. The van der Waals surface area contributed by atoms with E-state index in [1.807, 2.05) is 25.1 Å². The largest absolute Gasteiger partial charge is 0.490 e. The van der Waals surface area contributed by atoms with Gasteiger partial charge in [-0.3, -0.25) is 5.41 Å². The molecule has 1 fully saturated rings. The molecule has 18 heavy (non-hydrogen) atoms. The standard InChI is InChI=1S/C15H22N2O/c1-10-4-3-5-13(8-10)18-14-9-12(15(16)17)7-6-11(14)2/h6-7,9-10,13H,3-5,8H2,1-2H3,(H3,16,17). The molecule has 1 saturated carbocycles. The van der Waals surface area contributed by atoms with Crippen LogP contribution in [-0.4, -0.2) is 11.9 Å². The molecule has 1 aliphatic carbocycles. The van der Waals surface area contributed by atoms with Crippen LogP contribution < -0.4 is 10.5 Å². The monoisotopic (exact) mass is 246 g/mol. The van der Waals surface area contributed by atoms with Gasteiger partial charge in [-0.2, -0.15) is 0 Å². The third kappa shape index (κ3) is 3.03. The Bertz CT molecular complexity index is 442. The smallest absolute Gasteiger partial charge is 0.123 e. The number of amidine groups is 1. The predicted molar refractivity (Wildman–Crippen MR) is 74.2 cm³/mol. The number of nitrogen functional groups attached to an aromatic ring is 1. The molecule has 1 aromatic carbocycles. The number of ether oxygens (including phenoxy) is 1. The van der Waals surface area contributed by atoms with Crippen molar-refractivity contribution in [1.82, 2.24) is 0 Å². The van der Waals surface area contributed by atoms with Crippen LogP contribution >= 0.6 is 0 Å². The van der Waals surface area contributed by atoms with Crippen LogP contribution in [0.4, 0.5) is 0 Å². The highest BCUT2D eigenvalue weighted by molar-refractivity contribution is 5.95. The van der Waals surface area contributed by atoms with Gasteiger partial charge in [0.2, 0.25) is 0 Å². The quantitative estimate of drug-likeness (QED) is 0.635. The Kier molecular flexibility index (Phi) is 3.90. The molecule has 3 N–H and O–H groups in total. The average Bonchev–Trinajstić information content (AvgIpc) is 2.31. The molecule has 98 valence electrons. The highest BCUT2D eigenvalue weighted by Gasteiger charge is 2.20. The van der Waals surface area contributed by atoms with Crippen LogP contribution in [0.5, 0.6) is 5.75 Å². The summed E-state index contributed by atoms with van der Waals surface area (Å²) in [6.07, 6.45) is 5.14. The van der Waals surface area contributed by atoms with Gasteiger partial charge in [-0.1, -0.05) is 25.5 Å². The lowest BCUT2D eigenvalue weighted by Gasteiger charge is -2.28. The summed E-state index contributed by atoms with van der Waals surface area (Å²) in [5.74, 6) is 1.72. The van der Waals surface area contributed by atoms with Crippen LogP contribution in [0.15, 0.2) is 18.2 Å². The van der Waals surface area contributed by atoms with E-state index in [2.05, 4.69) is 6.92 Å². The van der Waals surface area contributed by atoms with Crippen LogP contribution in [0, 0.1) is 18.3 Å². The maximum absolute atomic E-state index is 7.48. The molecule has 1 aliphatic rings. The number of hydrogen-bond acceptors (Lipinski definition) is 2. The molecule has 0 aliphatic heterocycles. The van der Waals surface area contributed by atoms with Gasteiger partial charge in [-0.15, -0.1) is 0 Å². The van der Waals surface area contributed by atoms with Gasteiger partial charge in [-0.05, 0) is 43.7 Å². The second-order valence-corrected chi connectivity index (χ2v) is 5.41. The Morgan fingerprint density at radius 2 is 2.17 bits per heavy atom. The SMILES string of the molecule is Cc1ccc(C(=N)N)cc1OC1CCCC(C)C1. The fraction of sp³-hybridized carbons (Fsp3) is 0.533. The van der Waals surface area contributed by atoms with Gasteiger partial charge in [0.1, 0.15) is 11.6 Å². The fourth-order valence-corrected chi connectivity index (χ4v) is 2.56. The Morgan fingerprint density at radius 1 is 1.39 bits per heavy atom. The molecule has 0 spiro atoms. The molecule has 0 bridgehead atoms. The van der Waals surface area contributed by atoms with E-state index in [1.54, 1.807) is 0 Å². The molecule has 0 radical (unpaired) electrons. The minimum absolute atomic E-state index is 0.0943. The molecule has 3 heteroatoms. The lowest BCUT2D eigenvalue weighted by Crippen LogP contribution is -2.24. The van der Waals surface area contributed by atoms with Crippen LogP contribution in [0.1, 0.15) is 43.7 Å². The molecular formula is C15H22N2O. The van der Waals surface area contributed by atoms with Crippen LogP contribution in [0.25, 0.3) is 0 Å². The Morgan fingerprint density at radius 3 is 2.83 bits per heavy atom. The van der Waals surface area contributed by atoms with E-state index < -0.39 is 0 Å². The number of nitrogens with one attached hydrogen (secondary N) is 1. The van der Waals surface area contributed by atoms with E-state index >= 15 is 0 Å². The summed E-state index contributed by atoms with van der Waals surface area (Å²) in [6.45, 7) is 4.32. The van der Waals surface area contributed by atoms with Crippen molar-refractivity contribution in [2.45, 2.75) is 45.6 Å². The van der Waals surface area contributed by atoms with Crippen molar-refractivity contribution >= 4 is 5.84 Å². The Balaban J connectivity index is 2.12. The van der Waals surface area contributed by atoms with Crippen molar-refractivity contribution in [2.24, 2.45) is 11.7 Å². The van der Waals surface area contributed by atoms with Gasteiger partial charge < -0.3 is 10.5 Å². The minimum Gasteiger partial charge on any atom is -0.490 e. The van der Waals surface area contributed by atoms with Gasteiger partial charge in [0, 0.05) is 5.56 Å². The van der Waals surface area contributed by atoms with Crippen molar-refractivity contribution in [2.75, 3.05) is 0 Å². The Labute approximate surface area is 109 Å². The number of hydrogen-bond donors (Lipinski definition) is 2. The van der Waals surface area contributed by atoms with Crippen molar-refractivity contribution in [3.63, 3.8) is 0 Å². The molecule has 0 aromatic heterocycles. The maximum atomic E-state index is 7.48. The zero-order valence-electron chi connectivity index (χ0n) is 11.2. The number of aryl methyl sites for hydroxylation is 1. The van der Waals surface area contributed by atoms with Crippen molar-refractivity contribution in [3.8, 4) is 5.75 Å². The van der Waals surface area contributed by atoms with Gasteiger partial charge in [0.05, 0.1) is 6.10 Å². The first-order valence-corrected chi connectivity index (χ1v) is 6.68. The molecular weight excluding hydrogens is 224 g/mol. The summed E-state index contributed by atoms with van der Waals surface area (Å²) in [5.41, 5.74) is 7.36. The third-order valence-corrected chi connectivity index (χ3v) is 3.68. The van der Waals surface area contributed by atoms with Crippen LogP contribution in [0.3, 0.4) is 0 Å². The van der Waals surface area contributed by atoms with E-state index in [9.17, 15) is 0 Å². The summed E-state index contributed by atoms with van der Waals surface area (Å²) < 4.78 is 6.10. The molecule has 1 aromatic rings. The van der Waals surface area contributed by atoms with Crippen LogP contribution in [0.2, 0.25) is 0 Å². The van der Waals surface area contributed by atoms with E-state index in [-0.39, 0.29) is 5.84 Å². The maximum Gasteiger partial charge on any atom is 0.123 e. The van der Waals surface area contributed by atoms with Gasteiger partial charge in [0.25, 0.3) is 0 Å². The first-order valence-electron chi connectivity index (χ1n) is 6.68. The topological polar surface area (TPSA) is 59.1 Å². The molecule has 0 amide bonds. The van der Waals surface area contributed by atoms with Gasteiger partial charge in [-0.25, -0.2) is 0 Å². The van der Waals surface area contributed by atoms with Crippen LogP contribution in [-0.2, 0) is 0 Å². The highest BCUT2D eigenvalue weighted by atomic mass is 16.5. The molecule has 2 unspecified atom stereocenters. The van der Waals surface area contributed by atoms with E-state index in [1.165, 1.54) is 12.8 Å². The Hall–Kier alpha value is -1.51. The lowest BCUT2D eigenvalue weighted by molar-refractivity contribution is 0.128. The van der Waals surface area contributed by atoms with E-state index in [4.69, 9.17) is 15.9 Å². The molecule has 0 saturated heterocycles. The molecule has 2 rings (SSSR count). The zero-order chi connectivity index (χ0) is 13.1.